The molecule has 1 N–H and O–H groups in total. The van der Waals surface area contributed by atoms with Crippen molar-refractivity contribution in [3.05, 3.63) is 32.5 Å². The molecular weight excluding hydrogens is 284 g/mol. The first-order valence-corrected chi connectivity index (χ1v) is 7.13. The van der Waals surface area contributed by atoms with E-state index in [9.17, 15) is 9.59 Å². The molecule has 0 radical (unpaired) electrons. The zero-order valence-electron chi connectivity index (χ0n) is 10.6. The smallest absolute Gasteiger partial charge is 0.350 e. The number of esters is 1. The zero-order valence-corrected chi connectivity index (χ0v) is 12.3. The van der Waals surface area contributed by atoms with Crippen LogP contribution in [0.15, 0.2) is 11.4 Å². The minimum absolute atomic E-state index is 0.227. The fraction of sp³-hybridized carbons (Fsp3) is 0.250. The second-order valence-corrected chi connectivity index (χ2v) is 5.94. The molecule has 0 aliphatic carbocycles. The fourth-order valence-corrected chi connectivity index (χ4v) is 3.03. The summed E-state index contributed by atoms with van der Waals surface area (Å²) in [6, 6.07) is 1.81. The van der Waals surface area contributed by atoms with Crippen LogP contribution in [0, 0.1) is 13.8 Å². The Labute approximate surface area is 118 Å². The molecule has 2 aromatic rings. The first kappa shape index (κ1) is 13.7. The Hall–Kier alpha value is -1.73. The first-order valence-electron chi connectivity index (χ1n) is 5.43. The van der Waals surface area contributed by atoms with E-state index in [0.717, 1.165) is 16.2 Å². The van der Waals surface area contributed by atoms with Gasteiger partial charge in [0.05, 0.1) is 18.4 Å². The number of rotatable bonds is 3. The van der Waals surface area contributed by atoms with Crippen molar-refractivity contribution < 1.29 is 14.3 Å². The molecule has 0 unspecified atom stereocenters. The van der Waals surface area contributed by atoms with Gasteiger partial charge in [0.2, 0.25) is 0 Å². The van der Waals surface area contributed by atoms with Crippen LogP contribution in [0.4, 0.5) is 5.13 Å². The molecular formula is C12H12N2O3S2. The van der Waals surface area contributed by atoms with E-state index in [1.54, 1.807) is 12.3 Å². The molecule has 5 nitrogen and oxygen atoms in total. The minimum atomic E-state index is -0.443. The maximum absolute atomic E-state index is 11.9. The molecule has 0 bridgehead atoms. The topological polar surface area (TPSA) is 68.3 Å². The summed E-state index contributed by atoms with van der Waals surface area (Å²) in [6.07, 6.45) is 0. The van der Waals surface area contributed by atoms with Gasteiger partial charge in [0, 0.05) is 10.3 Å². The van der Waals surface area contributed by atoms with Crippen molar-refractivity contribution in [1.82, 2.24) is 4.98 Å². The number of thiazole rings is 1. The minimum Gasteiger partial charge on any atom is -0.465 e. The van der Waals surface area contributed by atoms with E-state index < -0.39 is 5.97 Å². The van der Waals surface area contributed by atoms with Gasteiger partial charge in [-0.15, -0.1) is 11.3 Å². The van der Waals surface area contributed by atoms with E-state index in [2.05, 4.69) is 15.0 Å². The molecule has 0 spiro atoms. The molecule has 19 heavy (non-hydrogen) atoms. The van der Waals surface area contributed by atoms with Crippen LogP contribution in [0.2, 0.25) is 0 Å². The number of aromatic nitrogens is 1. The largest absolute Gasteiger partial charge is 0.465 e. The summed E-state index contributed by atoms with van der Waals surface area (Å²) in [5.41, 5.74) is 1.14. The Morgan fingerprint density at radius 3 is 2.68 bits per heavy atom. The van der Waals surface area contributed by atoms with E-state index in [-0.39, 0.29) is 5.91 Å². The maximum Gasteiger partial charge on any atom is 0.350 e. The highest BCUT2D eigenvalue weighted by atomic mass is 32.1. The van der Waals surface area contributed by atoms with Crippen molar-refractivity contribution in [2.45, 2.75) is 13.8 Å². The normalized spacial score (nSPS) is 10.3. The number of nitrogens with one attached hydrogen (secondary N) is 1. The number of carbonyl (C=O) groups excluding carboxylic acids is 2. The van der Waals surface area contributed by atoms with Crippen molar-refractivity contribution in [1.29, 1.82) is 0 Å². The molecule has 0 aliphatic heterocycles. The van der Waals surface area contributed by atoms with E-state index in [4.69, 9.17) is 0 Å². The predicted molar refractivity (Wildman–Crippen MR) is 75.2 cm³/mol. The van der Waals surface area contributed by atoms with Crippen LogP contribution in [0.3, 0.4) is 0 Å². The van der Waals surface area contributed by atoms with Crippen molar-refractivity contribution in [3.8, 4) is 0 Å². The summed E-state index contributed by atoms with van der Waals surface area (Å²) in [6.45, 7) is 3.64. The summed E-state index contributed by atoms with van der Waals surface area (Å²) in [5.74, 6) is -0.670. The lowest BCUT2D eigenvalue weighted by Crippen LogP contribution is -2.10. The zero-order chi connectivity index (χ0) is 14.0. The SMILES string of the molecule is COC(=O)c1sc(NC(=O)c2csc(C)c2)nc1C. The van der Waals surface area contributed by atoms with Gasteiger partial charge >= 0.3 is 5.97 Å². The van der Waals surface area contributed by atoms with Crippen LogP contribution in [0.5, 0.6) is 0 Å². The van der Waals surface area contributed by atoms with Gasteiger partial charge in [-0.2, -0.15) is 0 Å². The van der Waals surface area contributed by atoms with Gasteiger partial charge in [0.15, 0.2) is 5.13 Å². The highest BCUT2D eigenvalue weighted by molar-refractivity contribution is 7.17. The van der Waals surface area contributed by atoms with Crippen LogP contribution in [-0.2, 0) is 4.74 Å². The average molecular weight is 296 g/mol. The number of thiophene rings is 1. The van der Waals surface area contributed by atoms with Gasteiger partial charge in [0.25, 0.3) is 5.91 Å². The third-order valence-electron chi connectivity index (χ3n) is 2.38. The van der Waals surface area contributed by atoms with Crippen molar-refractivity contribution in [2.24, 2.45) is 0 Å². The standard InChI is InChI=1S/C12H12N2O3S2/c1-6-4-8(5-18-6)10(15)14-12-13-7(2)9(19-12)11(16)17-3/h4-5H,1-3H3,(H,13,14,15). The molecule has 0 aliphatic rings. The van der Waals surface area contributed by atoms with Crippen molar-refractivity contribution in [3.63, 3.8) is 0 Å². The Balaban J connectivity index is 2.16. The van der Waals surface area contributed by atoms with Gasteiger partial charge < -0.3 is 4.74 Å². The lowest BCUT2D eigenvalue weighted by Gasteiger charge is -1.97. The number of carbonyl (C=O) groups is 2. The molecule has 100 valence electrons. The molecule has 7 heteroatoms. The van der Waals surface area contributed by atoms with Crippen LogP contribution >= 0.6 is 22.7 Å². The highest BCUT2D eigenvalue weighted by Crippen LogP contribution is 2.24. The maximum atomic E-state index is 11.9. The van der Waals surface area contributed by atoms with Crippen LogP contribution in [-0.4, -0.2) is 24.0 Å². The van der Waals surface area contributed by atoms with Gasteiger partial charge in [-0.3, -0.25) is 10.1 Å². The molecule has 0 fully saturated rings. The van der Waals surface area contributed by atoms with Crippen LogP contribution in [0.1, 0.15) is 30.6 Å². The number of aryl methyl sites for hydroxylation is 2. The second-order valence-electron chi connectivity index (χ2n) is 3.83. The van der Waals surface area contributed by atoms with E-state index in [0.29, 0.717) is 21.3 Å². The third-order valence-corrected chi connectivity index (χ3v) is 4.29. The van der Waals surface area contributed by atoms with Gasteiger partial charge in [-0.25, -0.2) is 9.78 Å². The lowest BCUT2D eigenvalue weighted by molar-refractivity contribution is 0.0605. The number of ether oxygens (including phenoxy) is 1. The Bertz CT molecular complexity index is 631. The number of methoxy groups -OCH3 is 1. The fourth-order valence-electron chi connectivity index (χ4n) is 1.46. The summed E-state index contributed by atoms with van der Waals surface area (Å²) >= 11 is 2.62. The molecule has 2 heterocycles. The molecule has 0 atom stereocenters. The van der Waals surface area contributed by atoms with Crippen molar-refractivity contribution in [2.75, 3.05) is 12.4 Å². The Morgan fingerprint density at radius 1 is 1.37 bits per heavy atom. The average Bonchev–Trinajstić information content (AvgIpc) is 2.95. The van der Waals surface area contributed by atoms with Crippen LogP contribution < -0.4 is 5.32 Å². The van der Waals surface area contributed by atoms with Crippen molar-refractivity contribution >= 4 is 39.7 Å². The first-order chi connectivity index (χ1) is 9.01. The number of anilines is 1. The number of amides is 1. The number of hydrogen-bond acceptors (Lipinski definition) is 6. The van der Waals surface area contributed by atoms with E-state index >= 15 is 0 Å². The molecule has 2 aromatic heterocycles. The summed E-state index contributed by atoms with van der Waals surface area (Å²) in [7, 11) is 1.31. The summed E-state index contributed by atoms with van der Waals surface area (Å²) in [4.78, 5) is 29.0. The monoisotopic (exact) mass is 296 g/mol. The number of hydrogen-bond donors (Lipinski definition) is 1. The number of nitrogens with zero attached hydrogens (tertiary/aromatic N) is 1. The Kier molecular flexibility index (Phi) is 3.96. The molecule has 2 rings (SSSR count). The van der Waals surface area contributed by atoms with E-state index in [1.807, 2.05) is 13.0 Å². The third kappa shape index (κ3) is 2.99. The van der Waals surface area contributed by atoms with Crippen LogP contribution in [0.25, 0.3) is 0 Å². The molecule has 0 saturated carbocycles. The van der Waals surface area contributed by atoms with Gasteiger partial charge in [-0.1, -0.05) is 11.3 Å². The second kappa shape index (κ2) is 5.50. The summed E-state index contributed by atoms with van der Waals surface area (Å²) in [5, 5.41) is 4.86. The van der Waals surface area contributed by atoms with Gasteiger partial charge in [-0.05, 0) is 19.9 Å². The summed E-state index contributed by atoms with van der Waals surface area (Å²) < 4.78 is 4.64. The highest BCUT2D eigenvalue weighted by Gasteiger charge is 2.17. The predicted octanol–water partition coefficient (Wildman–Crippen LogP) is 2.86. The molecule has 0 saturated heterocycles. The quantitative estimate of drug-likeness (QED) is 0.884. The van der Waals surface area contributed by atoms with E-state index in [1.165, 1.54) is 18.4 Å². The molecule has 0 aromatic carbocycles. The molecule has 1 amide bonds. The van der Waals surface area contributed by atoms with Gasteiger partial charge in [0.1, 0.15) is 4.88 Å². The Morgan fingerprint density at radius 2 is 2.11 bits per heavy atom. The lowest BCUT2D eigenvalue weighted by atomic mass is 10.3.